The molecule has 2 aromatic heterocycles. The zero-order valence-corrected chi connectivity index (χ0v) is 26.0. The van der Waals surface area contributed by atoms with Crippen LogP contribution in [0, 0.1) is 0 Å². The number of carbonyl (C=O) groups excluding carboxylic acids is 3. The molecule has 1 atom stereocenters. The van der Waals surface area contributed by atoms with Crippen LogP contribution >= 0.6 is 39.0 Å². The van der Waals surface area contributed by atoms with E-state index < -0.39 is 17.1 Å². The molecule has 3 amide bonds. The summed E-state index contributed by atoms with van der Waals surface area (Å²) in [5.41, 5.74) is 2.68. The molecule has 0 aliphatic carbocycles. The van der Waals surface area contributed by atoms with Crippen molar-refractivity contribution in [3.63, 3.8) is 0 Å². The molecule has 8 nitrogen and oxygen atoms in total. The third-order valence-corrected chi connectivity index (χ3v) is 8.39. The minimum atomic E-state index is -0.529. The minimum absolute atomic E-state index is 0.0144. The zero-order chi connectivity index (χ0) is 30.2. The molecular weight excluding hydrogens is 648 g/mol. The maximum absolute atomic E-state index is 13.3. The van der Waals surface area contributed by atoms with Crippen molar-refractivity contribution in [2.75, 3.05) is 10.6 Å². The van der Waals surface area contributed by atoms with Gasteiger partial charge in [-0.1, -0.05) is 52.3 Å². The molecule has 0 radical (unpaired) electrons. The van der Waals surface area contributed by atoms with Crippen molar-refractivity contribution in [3.8, 4) is 11.3 Å². The molecule has 216 valence electrons. The standard InChI is InChI=1S/C32H25BrN4O4S2/c1-20(29(38)37-32-36-28(19-42-32)21-12-14-23(33)15-13-21)43-26-11-5-9-24(17-26)34-31(40)27(18-25-10-6-16-41-25)35-30(39)22-7-3-2-4-8-22/h2-20H,1H3,(H,34,40)(H,35,39)(H,36,37,38)/b27-18-. The van der Waals surface area contributed by atoms with E-state index in [2.05, 4.69) is 36.9 Å². The maximum atomic E-state index is 13.3. The number of carbonyl (C=O) groups is 3. The van der Waals surface area contributed by atoms with Gasteiger partial charge in [0.25, 0.3) is 11.8 Å². The smallest absolute Gasteiger partial charge is 0.272 e. The largest absolute Gasteiger partial charge is 0.465 e. The summed E-state index contributed by atoms with van der Waals surface area (Å²) in [4.78, 5) is 44.3. The molecule has 0 saturated heterocycles. The fourth-order valence-electron chi connectivity index (χ4n) is 3.85. The van der Waals surface area contributed by atoms with Crippen molar-refractivity contribution in [3.05, 3.63) is 124 Å². The highest BCUT2D eigenvalue weighted by molar-refractivity contribution is 9.10. The van der Waals surface area contributed by atoms with Crippen LogP contribution in [-0.4, -0.2) is 28.0 Å². The van der Waals surface area contributed by atoms with Gasteiger partial charge in [-0.3, -0.25) is 14.4 Å². The molecule has 11 heteroatoms. The van der Waals surface area contributed by atoms with E-state index in [1.54, 1.807) is 67.6 Å². The molecule has 43 heavy (non-hydrogen) atoms. The zero-order valence-electron chi connectivity index (χ0n) is 22.7. The first-order valence-electron chi connectivity index (χ1n) is 13.1. The molecule has 3 N–H and O–H groups in total. The predicted molar refractivity (Wildman–Crippen MR) is 175 cm³/mol. The summed E-state index contributed by atoms with van der Waals surface area (Å²) in [7, 11) is 0. The Hall–Kier alpha value is -4.45. The summed E-state index contributed by atoms with van der Waals surface area (Å²) in [6, 6.07) is 26.9. The Bertz CT molecular complexity index is 1750. The summed E-state index contributed by atoms with van der Waals surface area (Å²) >= 11 is 6.14. The van der Waals surface area contributed by atoms with Gasteiger partial charge in [0.05, 0.1) is 17.2 Å². The van der Waals surface area contributed by atoms with Gasteiger partial charge >= 0.3 is 0 Å². The lowest BCUT2D eigenvalue weighted by molar-refractivity contribution is -0.115. The molecule has 5 rings (SSSR count). The van der Waals surface area contributed by atoms with Crippen LogP contribution in [0.1, 0.15) is 23.0 Å². The molecule has 1 unspecified atom stereocenters. The fraction of sp³-hybridized carbons (Fsp3) is 0.0625. The molecule has 0 fully saturated rings. The van der Waals surface area contributed by atoms with Gasteiger partial charge in [-0.05, 0) is 61.5 Å². The molecular formula is C32H25BrN4O4S2. The normalized spacial score (nSPS) is 11.9. The number of thioether (sulfide) groups is 1. The maximum Gasteiger partial charge on any atom is 0.272 e. The van der Waals surface area contributed by atoms with E-state index in [1.807, 2.05) is 35.7 Å². The summed E-state index contributed by atoms with van der Waals surface area (Å²) in [6.45, 7) is 1.80. The van der Waals surface area contributed by atoms with E-state index in [1.165, 1.54) is 35.4 Å². The average Bonchev–Trinajstić information content (AvgIpc) is 3.70. The number of nitrogens with zero attached hydrogens (tertiary/aromatic N) is 1. The molecule has 0 aliphatic rings. The molecule has 5 aromatic rings. The highest BCUT2D eigenvalue weighted by atomic mass is 79.9. The van der Waals surface area contributed by atoms with E-state index >= 15 is 0 Å². The van der Waals surface area contributed by atoms with Crippen molar-refractivity contribution >= 4 is 73.6 Å². The topological polar surface area (TPSA) is 113 Å². The molecule has 2 heterocycles. The lowest BCUT2D eigenvalue weighted by Gasteiger charge is -2.13. The van der Waals surface area contributed by atoms with Gasteiger partial charge in [0.15, 0.2) is 5.13 Å². The quantitative estimate of drug-likeness (QED) is 0.104. The van der Waals surface area contributed by atoms with Crippen LogP contribution in [0.15, 0.2) is 122 Å². The molecule has 0 bridgehead atoms. The average molecular weight is 674 g/mol. The Balaban J connectivity index is 1.22. The fourth-order valence-corrected chi connectivity index (χ4v) is 5.77. The number of amides is 3. The van der Waals surface area contributed by atoms with Gasteiger partial charge in [0.2, 0.25) is 5.91 Å². The van der Waals surface area contributed by atoms with E-state index in [0.717, 1.165) is 20.6 Å². The molecule has 0 saturated carbocycles. The van der Waals surface area contributed by atoms with Crippen LogP contribution in [0.25, 0.3) is 17.3 Å². The number of hydrogen-bond acceptors (Lipinski definition) is 7. The lowest BCUT2D eigenvalue weighted by atomic mass is 10.2. The monoisotopic (exact) mass is 672 g/mol. The second-order valence-corrected chi connectivity index (χ2v) is 12.4. The van der Waals surface area contributed by atoms with E-state index in [-0.39, 0.29) is 11.6 Å². The minimum Gasteiger partial charge on any atom is -0.465 e. The highest BCUT2D eigenvalue weighted by Gasteiger charge is 2.19. The molecule has 0 spiro atoms. The number of furan rings is 1. The van der Waals surface area contributed by atoms with Gasteiger partial charge in [-0.25, -0.2) is 4.98 Å². The van der Waals surface area contributed by atoms with Gasteiger partial charge in [0, 0.05) is 37.6 Å². The Kier molecular flexibility index (Phi) is 9.88. The highest BCUT2D eigenvalue weighted by Crippen LogP contribution is 2.29. The van der Waals surface area contributed by atoms with Crippen LogP contribution in [-0.2, 0) is 9.59 Å². The first kappa shape index (κ1) is 30.0. The van der Waals surface area contributed by atoms with Crippen LogP contribution in [0.2, 0.25) is 0 Å². The second-order valence-electron chi connectivity index (χ2n) is 9.17. The summed E-state index contributed by atoms with van der Waals surface area (Å²) < 4.78 is 6.33. The van der Waals surface area contributed by atoms with E-state index in [9.17, 15) is 14.4 Å². The summed E-state index contributed by atoms with van der Waals surface area (Å²) in [6.07, 6.45) is 2.94. The van der Waals surface area contributed by atoms with Crippen LogP contribution < -0.4 is 16.0 Å². The number of halogens is 1. The number of nitrogens with one attached hydrogen (secondary N) is 3. The third-order valence-electron chi connectivity index (χ3n) is 6.01. The number of rotatable bonds is 10. The third kappa shape index (κ3) is 8.31. The van der Waals surface area contributed by atoms with Gasteiger partial charge in [-0.2, -0.15) is 0 Å². The van der Waals surface area contributed by atoms with Gasteiger partial charge < -0.3 is 20.4 Å². The van der Waals surface area contributed by atoms with Crippen molar-refractivity contribution in [2.45, 2.75) is 17.1 Å². The SMILES string of the molecule is CC(Sc1cccc(NC(=O)/C(=C/c2ccco2)NC(=O)c2ccccc2)c1)C(=O)Nc1nc(-c2ccc(Br)cc2)cs1. The van der Waals surface area contributed by atoms with Crippen molar-refractivity contribution in [2.24, 2.45) is 0 Å². The summed E-state index contributed by atoms with van der Waals surface area (Å²) in [5.74, 6) is -0.740. The summed E-state index contributed by atoms with van der Waals surface area (Å²) in [5, 5.41) is 10.4. The van der Waals surface area contributed by atoms with Crippen LogP contribution in [0.4, 0.5) is 10.8 Å². The lowest BCUT2D eigenvalue weighted by Crippen LogP contribution is -2.30. The Morgan fingerprint density at radius 1 is 0.953 bits per heavy atom. The number of benzene rings is 3. The number of aromatic nitrogens is 1. The van der Waals surface area contributed by atoms with E-state index in [0.29, 0.717) is 22.1 Å². The first-order valence-corrected chi connectivity index (χ1v) is 15.6. The van der Waals surface area contributed by atoms with E-state index in [4.69, 9.17) is 4.42 Å². The predicted octanol–water partition coefficient (Wildman–Crippen LogP) is 7.69. The molecule has 0 aliphatic heterocycles. The van der Waals surface area contributed by atoms with Crippen LogP contribution in [0.3, 0.4) is 0 Å². The Labute approximate surface area is 264 Å². The Morgan fingerprint density at radius 2 is 1.74 bits per heavy atom. The van der Waals surface area contributed by atoms with Crippen molar-refractivity contribution < 1.29 is 18.8 Å². The number of thiazole rings is 1. The molecule has 3 aromatic carbocycles. The second kappa shape index (κ2) is 14.1. The van der Waals surface area contributed by atoms with Crippen molar-refractivity contribution in [1.29, 1.82) is 0 Å². The number of hydrogen-bond donors (Lipinski definition) is 3. The van der Waals surface area contributed by atoms with Gasteiger partial charge in [0.1, 0.15) is 11.5 Å². The number of anilines is 2. The van der Waals surface area contributed by atoms with Crippen LogP contribution in [0.5, 0.6) is 0 Å². The Morgan fingerprint density at radius 3 is 2.49 bits per heavy atom. The first-order chi connectivity index (χ1) is 20.8. The van der Waals surface area contributed by atoms with Crippen molar-refractivity contribution in [1.82, 2.24) is 10.3 Å². The van der Waals surface area contributed by atoms with Gasteiger partial charge in [-0.15, -0.1) is 23.1 Å².